The molecule has 25 heavy (non-hydrogen) atoms. The average molecular weight is 346 g/mol. The van der Waals surface area contributed by atoms with Gasteiger partial charge in [0.05, 0.1) is 12.6 Å². The zero-order valence-electron chi connectivity index (χ0n) is 14.4. The molecule has 1 aliphatic carbocycles. The van der Waals surface area contributed by atoms with Gasteiger partial charge < -0.3 is 20.1 Å². The number of aliphatic hydroxyl groups is 1. The minimum absolute atomic E-state index is 0.0271. The fourth-order valence-electron chi connectivity index (χ4n) is 3.60. The normalized spacial score (nSPS) is 26.5. The number of aliphatic hydroxyl groups excluding tert-OH is 1. The molecule has 1 saturated carbocycles. The molecule has 2 fully saturated rings. The summed E-state index contributed by atoms with van der Waals surface area (Å²) in [5.41, 5.74) is 0. The summed E-state index contributed by atoms with van der Waals surface area (Å²) in [4.78, 5) is 25.2. The monoisotopic (exact) mass is 346 g/mol. The van der Waals surface area contributed by atoms with E-state index in [1.54, 1.807) is 4.90 Å². The van der Waals surface area contributed by atoms with Crippen LogP contribution in [0.3, 0.4) is 0 Å². The first kappa shape index (κ1) is 17.7. The maximum absolute atomic E-state index is 12.0. The zero-order valence-corrected chi connectivity index (χ0v) is 14.4. The standard InChI is InChI=1S/C19H26N2O4/c22-17(13-21-11-5-10-18(21)23)20-12-14-6-4-9-16(19(14)24)25-15-7-2-1-3-8-15/h1-3,7-8,14,16,19,24H,4-6,9-13H2,(H,20,22)/t14-,16-,19-/m1/s1. The molecule has 0 unspecified atom stereocenters. The predicted molar refractivity (Wildman–Crippen MR) is 93.0 cm³/mol. The van der Waals surface area contributed by atoms with Gasteiger partial charge in [-0.15, -0.1) is 0 Å². The van der Waals surface area contributed by atoms with Gasteiger partial charge >= 0.3 is 0 Å². The fourth-order valence-corrected chi connectivity index (χ4v) is 3.60. The summed E-state index contributed by atoms with van der Waals surface area (Å²) in [6, 6.07) is 9.49. The Bertz CT molecular complexity index is 592. The lowest BCUT2D eigenvalue weighted by Crippen LogP contribution is -2.47. The van der Waals surface area contributed by atoms with Crippen molar-refractivity contribution in [3.63, 3.8) is 0 Å². The van der Waals surface area contributed by atoms with Gasteiger partial charge in [0.1, 0.15) is 11.9 Å². The van der Waals surface area contributed by atoms with Gasteiger partial charge in [0.2, 0.25) is 11.8 Å². The van der Waals surface area contributed by atoms with E-state index in [0.717, 1.165) is 31.4 Å². The van der Waals surface area contributed by atoms with Gasteiger partial charge in [-0.3, -0.25) is 9.59 Å². The molecule has 1 saturated heterocycles. The van der Waals surface area contributed by atoms with Crippen LogP contribution in [-0.2, 0) is 9.59 Å². The van der Waals surface area contributed by atoms with E-state index in [9.17, 15) is 14.7 Å². The van der Waals surface area contributed by atoms with Crippen LogP contribution < -0.4 is 10.1 Å². The molecule has 1 aromatic rings. The van der Waals surface area contributed by atoms with Crippen LogP contribution in [0.4, 0.5) is 0 Å². The van der Waals surface area contributed by atoms with Crippen molar-refractivity contribution in [2.75, 3.05) is 19.6 Å². The molecule has 0 bridgehead atoms. The molecule has 2 aliphatic rings. The molecule has 6 nitrogen and oxygen atoms in total. The van der Waals surface area contributed by atoms with Crippen molar-refractivity contribution < 1.29 is 19.4 Å². The van der Waals surface area contributed by atoms with Gasteiger partial charge in [0.25, 0.3) is 0 Å². The van der Waals surface area contributed by atoms with E-state index < -0.39 is 6.10 Å². The molecule has 0 radical (unpaired) electrons. The number of rotatable bonds is 6. The van der Waals surface area contributed by atoms with E-state index in [1.807, 2.05) is 30.3 Å². The van der Waals surface area contributed by atoms with E-state index in [2.05, 4.69) is 5.32 Å². The number of hydrogen-bond acceptors (Lipinski definition) is 4. The Kier molecular flexibility index (Phi) is 5.91. The Balaban J connectivity index is 1.47. The topological polar surface area (TPSA) is 78.9 Å². The molecule has 136 valence electrons. The summed E-state index contributed by atoms with van der Waals surface area (Å²) in [6.07, 6.45) is 3.13. The van der Waals surface area contributed by atoms with Gasteiger partial charge in [0, 0.05) is 25.4 Å². The van der Waals surface area contributed by atoms with Crippen LogP contribution in [-0.4, -0.2) is 53.7 Å². The summed E-state index contributed by atoms with van der Waals surface area (Å²) >= 11 is 0. The highest BCUT2D eigenvalue weighted by molar-refractivity contribution is 5.85. The van der Waals surface area contributed by atoms with Crippen LogP contribution in [0.2, 0.25) is 0 Å². The van der Waals surface area contributed by atoms with Gasteiger partial charge in [-0.25, -0.2) is 0 Å². The Morgan fingerprint density at radius 1 is 1.24 bits per heavy atom. The lowest BCUT2D eigenvalue weighted by molar-refractivity contribution is -0.133. The van der Waals surface area contributed by atoms with Crippen LogP contribution in [0.5, 0.6) is 5.75 Å². The van der Waals surface area contributed by atoms with Crippen molar-refractivity contribution in [2.45, 2.75) is 44.3 Å². The number of nitrogens with zero attached hydrogens (tertiary/aromatic N) is 1. The molecule has 3 rings (SSSR count). The number of benzene rings is 1. The highest BCUT2D eigenvalue weighted by atomic mass is 16.5. The summed E-state index contributed by atoms with van der Waals surface area (Å²) in [5, 5.41) is 13.5. The summed E-state index contributed by atoms with van der Waals surface area (Å²) in [5.74, 6) is 0.613. The van der Waals surface area contributed by atoms with Crippen LogP contribution in [0.1, 0.15) is 32.1 Å². The molecule has 2 amide bonds. The molecule has 0 spiro atoms. The third kappa shape index (κ3) is 4.72. The number of carbonyl (C=O) groups is 2. The SMILES string of the molecule is O=C(CN1CCCC1=O)NC[C@H]1CCC[C@@H](Oc2ccccc2)[C@@H]1O. The second-order valence-electron chi connectivity index (χ2n) is 6.87. The van der Waals surface area contributed by atoms with Crippen molar-refractivity contribution in [1.82, 2.24) is 10.2 Å². The van der Waals surface area contributed by atoms with E-state index in [0.29, 0.717) is 19.5 Å². The van der Waals surface area contributed by atoms with Crippen LogP contribution in [0.25, 0.3) is 0 Å². The molecule has 1 heterocycles. The van der Waals surface area contributed by atoms with E-state index in [-0.39, 0.29) is 30.4 Å². The largest absolute Gasteiger partial charge is 0.488 e. The first-order valence-corrected chi connectivity index (χ1v) is 9.08. The summed E-state index contributed by atoms with van der Waals surface area (Å²) in [6.45, 7) is 1.19. The van der Waals surface area contributed by atoms with Crippen molar-refractivity contribution >= 4 is 11.8 Å². The number of amides is 2. The highest BCUT2D eigenvalue weighted by Crippen LogP contribution is 2.28. The Hall–Kier alpha value is -2.08. The van der Waals surface area contributed by atoms with Crippen molar-refractivity contribution in [2.24, 2.45) is 5.92 Å². The first-order valence-electron chi connectivity index (χ1n) is 9.08. The molecular weight excluding hydrogens is 320 g/mol. The van der Waals surface area contributed by atoms with Crippen molar-refractivity contribution in [1.29, 1.82) is 0 Å². The average Bonchev–Trinajstić information content (AvgIpc) is 3.01. The quantitative estimate of drug-likeness (QED) is 0.815. The Morgan fingerprint density at radius 2 is 2.04 bits per heavy atom. The Labute approximate surface area is 148 Å². The molecule has 6 heteroatoms. The van der Waals surface area contributed by atoms with Crippen LogP contribution >= 0.6 is 0 Å². The fraction of sp³-hybridized carbons (Fsp3) is 0.579. The minimum Gasteiger partial charge on any atom is -0.488 e. The summed E-state index contributed by atoms with van der Waals surface area (Å²) in [7, 11) is 0. The minimum atomic E-state index is -0.609. The van der Waals surface area contributed by atoms with E-state index in [1.165, 1.54) is 0 Å². The second-order valence-corrected chi connectivity index (χ2v) is 6.87. The smallest absolute Gasteiger partial charge is 0.239 e. The molecule has 2 N–H and O–H groups in total. The molecule has 1 aromatic carbocycles. The number of hydrogen-bond donors (Lipinski definition) is 2. The van der Waals surface area contributed by atoms with Gasteiger partial charge in [-0.05, 0) is 37.8 Å². The number of likely N-dealkylation sites (tertiary alicyclic amines) is 1. The third-order valence-electron chi connectivity index (χ3n) is 5.03. The highest BCUT2D eigenvalue weighted by Gasteiger charge is 2.33. The first-order chi connectivity index (χ1) is 12.1. The maximum atomic E-state index is 12.0. The molecule has 3 atom stereocenters. The number of ether oxygens (including phenoxy) is 1. The number of para-hydroxylation sites is 1. The number of nitrogens with one attached hydrogen (secondary N) is 1. The van der Waals surface area contributed by atoms with Gasteiger partial charge in [-0.1, -0.05) is 18.2 Å². The van der Waals surface area contributed by atoms with Crippen molar-refractivity contribution in [3.05, 3.63) is 30.3 Å². The van der Waals surface area contributed by atoms with Gasteiger partial charge in [0.15, 0.2) is 0 Å². The third-order valence-corrected chi connectivity index (χ3v) is 5.03. The molecular formula is C19H26N2O4. The zero-order chi connectivity index (χ0) is 17.6. The molecule has 1 aliphatic heterocycles. The lowest BCUT2D eigenvalue weighted by Gasteiger charge is -2.35. The summed E-state index contributed by atoms with van der Waals surface area (Å²) < 4.78 is 5.91. The van der Waals surface area contributed by atoms with Crippen LogP contribution in [0, 0.1) is 5.92 Å². The molecule has 0 aromatic heterocycles. The maximum Gasteiger partial charge on any atom is 0.239 e. The Morgan fingerprint density at radius 3 is 2.76 bits per heavy atom. The second kappa shape index (κ2) is 8.34. The van der Waals surface area contributed by atoms with Crippen molar-refractivity contribution in [3.8, 4) is 5.75 Å². The lowest BCUT2D eigenvalue weighted by atomic mass is 9.84. The van der Waals surface area contributed by atoms with Gasteiger partial charge in [-0.2, -0.15) is 0 Å². The van der Waals surface area contributed by atoms with Crippen LogP contribution in [0.15, 0.2) is 30.3 Å². The van der Waals surface area contributed by atoms with E-state index in [4.69, 9.17) is 4.74 Å². The van der Waals surface area contributed by atoms with E-state index >= 15 is 0 Å². The predicted octanol–water partition coefficient (Wildman–Crippen LogP) is 1.33. The number of carbonyl (C=O) groups excluding carboxylic acids is 2.